The molecule has 0 aliphatic carbocycles. The van der Waals surface area contributed by atoms with Gasteiger partial charge in [0.05, 0.1) is 6.20 Å². The van der Waals surface area contributed by atoms with Gasteiger partial charge in [-0.25, -0.2) is 9.37 Å². The van der Waals surface area contributed by atoms with Crippen molar-refractivity contribution in [3.63, 3.8) is 0 Å². The average molecular weight is 399 g/mol. The summed E-state index contributed by atoms with van der Waals surface area (Å²) in [5.74, 6) is -0.912. The van der Waals surface area contributed by atoms with Crippen molar-refractivity contribution in [1.29, 1.82) is 5.26 Å². The van der Waals surface area contributed by atoms with Crippen LogP contribution in [0.5, 0.6) is 0 Å². The zero-order valence-corrected chi connectivity index (χ0v) is 15.9. The van der Waals surface area contributed by atoms with E-state index in [4.69, 9.17) is 0 Å². The molecule has 1 N–H and O–H groups in total. The summed E-state index contributed by atoms with van der Waals surface area (Å²) in [5.41, 5.74) is 2.07. The topological polar surface area (TPSA) is 65.8 Å². The third kappa shape index (κ3) is 4.05. The zero-order chi connectivity index (χ0) is 20.2. The summed E-state index contributed by atoms with van der Waals surface area (Å²) in [6.45, 7) is 0. The summed E-state index contributed by atoms with van der Waals surface area (Å²) in [7, 11) is 0. The molecule has 0 aliphatic heterocycles. The molecule has 1 amide bonds. The van der Waals surface area contributed by atoms with Gasteiger partial charge in [-0.05, 0) is 51.6 Å². The number of thiophene rings is 1. The van der Waals surface area contributed by atoms with Crippen molar-refractivity contribution in [1.82, 2.24) is 4.98 Å². The van der Waals surface area contributed by atoms with E-state index >= 15 is 0 Å². The van der Waals surface area contributed by atoms with Gasteiger partial charge < -0.3 is 5.32 Å². The second-order valence-corrected chi connectivity index (χ2v) is 7.19. The number of carbonyl (C=O) groups excluding carboxylic acids is 1. The molecule has 4 aromatic rings. The van der Waals surface area contributed by atoms with E-state index in [9.17, 15) is 14.4 Å². The van der Waals surface area contributed by atoms with Crippen molar-refractivity contribution in [3.05, 3.63) is 88.5 Å². The predicted octanol–water partition coefficient (Wildman–Crippen LogP) is 5.65. The first-order chi connectivity index (χ1) is 14.1. The van der Waals surface area contributed by atoms with Crippen LogP contribution in [0.3, 0.4) is 0 Å². The van der Waals surface area contributed by atoms with Crippen molar-refractivity contribution in [2.24, 2.45) is 0 Å². The standard InChI is InChI=1S/C23H14FN3OS/c24-18-8-9-22(26-13-18)27-23(28)16(12-25)10-19-11-17(14-29-19)21-7-3-5-15-4-1-2-6-20(15)21/h1-11,13-14H,(H,26,27,28)/b16-10+. The molecule has 0 aliphatic rings. The van der Waals surface area contributed by atoms with Gasteiger partial charge in [0, 0.05) is 4.88 Å². The largest absolute Gasteiger partial charge is 0.306 e. The smallest absolute Gasteiger partial charge is 0.267 e. The third-order valence-electron chi connectivity index (χ3n) is 4.34. The maximum Gasteiger partial charge on any atom is 0.267 e. The molecular weight excluding hydrogens is 385 g/mol. The fourth-order valence-corrected chi connectivity index (χ4v) is 3.81. The van der Waals surface area contributed by atoms with E-state index in [0.29, 0.717) is 0 Å². The Morgan fingerprint density at radius 3 is 2.76 bits per heavy atom. The second-order valence-electron chi connectivity index (χ2n) is 6.25. The van der Waals surface area contributed by atoms with Crippen molar-refractivity contribution in [3.8, 4) is 17.2 Å². The number of hydrogen-bond acceptors (Lipinski definition) is 4. The number of rotatable bonds is 4. The number of nitrogens with zero attached hydrogens (tertiary/aromatic N) is 2. The van der Waals surface area contributed by atoms with Crippen LogP contribution < -0.4 is 5.32 Å². The van der Waals surface area contributed by atoms with Crippen molar-refractivity contribution in [2.45, 2.75) is 0 Å². The fraction of sp³-hybridized carbons (Fsp3) is 0. The number of aromatic nitrogens is 1. The SMILES string of the molecule is N#C/C(=C\c1cc(-c2cccc3ccccc23)cs1)C(=O)Nc1ccc(F)cn1. The Kier molecular flexibility index (Phi) is 5.14. The van der Waals surface area contributed by atoms with Crippen LogP contribution in [-0.4, -0.2) is 10.9 Å². The van der Waals surface area contributed by atoms with E-state index in [0.717, 1.165) is 33.0 Å². The van der Waals surface area contributed by atoms with Gasteiger partial charge >= 0.3 is 0 Å². The Bertz CT molecular complexity index is 1260. The van der Waals surface area contributed by atoms with E-state index in [1.807, 2.05) is 35.7 Å². The first-order valence-corrected chi connectivity index (χ1v) is 9.63. The molecule has 4 nitrogen and oxygen atoms in total. The zero-order valence-electron chi connectivity index (χ0n) is 15.1. The number of halogens is 1. The van der Waals surface area contributed by atoms with Gasteiger partial charge in [0.15, 0.2) is 0 Å². The van der Waals surface area contributed by atoms with Gasteiger partial charge in [-0.3, -0.25) is 4.79 Å². The van der Waals surface area contributed by atoms with Crippen LogP contribution >= 0.6 is 11.3 Å². The molecule has 0 unspecified atom stereocenters. The molecule has 2 aromatic carbocycles. The van der Waals surface area contributed by atoms with Gasteiger partial charge in [-0.1, -0.05) is 42.5 Å². The van der Waals surface area contributed by atoms with Gasteiger partial charge in [0.1, 0.15) is 23.3 Å². The summed E-state index contributed by atoms with van der Waals surface area (Å²) >= 11 is 1.45. The van der Waals surface area contributed by atoms with E-state index in [2.05, 4.69) is 34.6 Å². The molecule has 0 atom stereocenters. The number of nitriles is 1. The van der Waals surface area contributed by atoms with Crippen LogP contribution in [0.25, 0.3) is 28.0 Å². The maximum atomic E-state index is 12.9. The molecule has 0 saturated carbocycles. The number of hydrogen-bond donors (Lipinski definition) is 1. The Hall–Kier alpha value is -3.82. The summed E-state index contributed by atoms with van der Waals surface area (Å²) < 4.78 is 12.9. The summed E-state index contributed by atoms with van der Waals surface area (Å²) in [4.78, 5) is 16.9. The number of anilines is 1. The summed E-state index contributed by atoms with van der Waals surface area (Å²) in [6.07, 6.45) is 2.54. The normalized spacial score (nSPS) is 11.2. The van der Waals surface area contributed by atoms with E-state index in [-0.39, 0.29) is 11.4 Å². The highest BCUT2D eigenvalue weighted by molar-refractivity contribution is 7.11. The molecule has 0 bridgehead atoms. The van der Waals surface area contributed by atoms with E-state index in [1.54, 1.807) is 0 Å². The Balaban J connectivity index is 1.61. The fourth-order valence-electron chi connectivity index (χ4n) is 2.97. The van der Waals surface area contributed by atoms with Crippen LogP contribution in [0, 0.1) is 17.1 Å². The van der Waals surface area contributed by atoms with Crippen LogP contribution in [-0.2, 0) is 4.79 Å². The van der Waals surface area contributed by atoms with Crippen LogP contribution in [0.2, 0.25) is 0 Å². The van der Waals surface area contributed by atoms with E-state index < -0.39 is 11.7 Å². The highest BCUT2D eigenvalue weighted by Crippen LogP contribution is 2.32. The molecule has 6 heteroatoms. The molecule has 2 aromatic heterocycles. The van der Waals surface area contributed by atoms with Crippen molar-refractivity contribution in [2.75, 3.05) is 5.32 Å². The Morgan fingerprint density at radius 1 is 1.14 bits per heavy atom. The average Bonchev–Trinajstić information content (AvgIpc) is 3.21. The Morgan fingerprint density at radius 2 is 1.97 bits per heavy atom. The molecule has 0 saturated heterocycles. The molecule has 0 spiro atoms. The monoisotopic (exact) mass is 399 g/mol. The maximum absolute atomic E-state index is 12.9. The van der Waals surface area contributed by atoms with Gasteiger partial charge in [-0.15, -0.1) is 11.3 Å². The number of nitrogens with one attached hydrogen (secondary N) is 1. The minimum atomic E-state index is -0.591. The second kappa shape index (κ2) is 8.05. The number of fused-ring (bicyclic) bond motifs is 1. The first kappa shape index (κ1) is 18.5. The van der Waals surface area contributed by atoms with Crippen LogP contribution in [0.4, 0.5) is 10.2 Å². The van der Waals surface area contributed by atoms with Gasteiger partial charge in [-0.2, -0.15) is 5.26 Å². The van der Waals surface area contributed by atoms with Crippen molar-refractivity contribution >= 4 is 39.9 Å². The van der Waals surface area contributed by atoms with E-state index in [1.165, 1.54) is 29.5 Å². The molecule has 140 valence electrons. The highest BCUT2D eigenvalue weighted by atomic mass is 32.1. The Labute approximate surface area is 170 Å². The minimum Gasteiger partial charge on any atom is -0.306 e. The molecule has 0 radical (unpaired) electrons. The minimum absolute atomic E-state index is 0.0533. The van der Waals surface area contributed by atoms with Gasteiger partial charge in [0.25, 0.3) is 5.91 Å². The lowest BCUT2D eigenvalue weighted by molar-refractivity contribution is -0.112. The van der Waals surface area contributed by atoms with Crippen molar-refractivity contribution < 1.29 is 9.18 Å². The van der Waals surface area contributed by atoms with Gasteiger partial charge in [0.2, 0.25) is 0 Å². The summed E-state index contributed by atoms with van der Waals surface area (Å²) in [6, 6.07) is 20.7. The quantitative estimate of drug-likeness (QED) is 0.356. The highest BCUT2D eigenvalue weighted by Gasteiger charge is 2.12. The molecule has 29 heavy (non-hydrogen) atoms. The molecule has 0 fully saturated rings. The lowest BCUT2D eigenvalue weighted by Gasteiger charge is -2.04. The molecule has 4 rings (SSSR count). The number of carbonyl (C=O) groups is 1. The third-order valence-corrected chi connectivity index (χ3v) is 5.22. The van der Waals surface area contributed by atoms with Crippen LogP contribution in [0.15, 0.2) is 77.8 Å². The lowest BCUT2D eigenvalue weighted by atomic mass is 10.00. The lowest BCUT2D eigenvalue weighted by Crippen LogP contribution is -2.14. The number of benzene rings is 2. The molecular formula is C23H14FN3OS. The number of pyridine rings is 1. The molecule has 2 heterocycles. The number of amides is 1. The predicted molar refractivity (Wildman–Crippen MR) is 114 cm³/mol. The van der Waals surface area contributed by atoms with Crippen LogP contribution in [0.1, 0.15) is 4.88 Å². The first-order valence-electron chi connectivity index (χ1n) is 8.75. The summed E-state index contributed by atoms with van der Waals surface area (Å²) in [5, 5.41) is 16.2.